The Morgan fingerprint density at radius 2 is 1.89 bits per heavy atom. The number of amides is 2. The van der Waals surface area contributed by atoms with Gasteiger partial charge in [-0.15, -0.1) is 0 Å². The van der Waals surface area contributed by atoms with Crippen LogP contribution < -0.4 is 10.2 Å². The van der Waals surface area contributed by atoms with Crippen molar-refractivity contribution in [1.82, 2.24) is 25.1 Å². The van der Waals surface area contributed by atoms with Gasteiger partial charge in [0.25, 0.3) is 0 Å². The Bertz CT molecular complexity index is 655. The second-order valence-corrected chi connectivity index (χ2v) is 7.62. The number of nitrogens with zero attached hydrogens (tertiary/aromatic N) is 5. The lowest BCUT2D eigenvalue weighted by Gasteiger charge is -2.40. The van der Waals surface area contributed by atoms with Crippen LogP contribution >= 0.6 is 0 Å². The first-order chi connectivity index (χ1) is 13.2. The average molecular weight is 372 g/mol. The minimum absolute atomic E-state index is 0.0136. The van der Waals surface area contributed by atoms with E-state index in [2.05, 4.69) is 25.1 Å². The van der Waals surface area contributed by atoms with E-state index in [1.165, 1.54) is 12.8 Å². The van der Waals surface area contributed by atoms with Gasteiger partial charge in [0, 0.05) is 57.7 Å². The molecule has 1 unspecified atom stereocenters. The maximum atomic E-state index is 12.9. The van der Waals surface area contributed by atoms with Gasteiger partial charge in [0.2, 0.25) is 11.8 Å². The van der Waals surface area contributed by atoms with E-state index >= 15 is 0 Å². The maximum Gasteiger partial charge on any atom is 0.237 e. The van der Waals surface area contributed by atoms with Gasteiger partial charge >= 0.3 is 0 Å². The third-order valence-electron chi connectivity index (χ3n) is 6.04. The highest BCUT2D eigenvalue weighted by molar-refractivity contribution is 5.89. The summed E-state index contributed by atoms with van der Waals surface area (Å²) in [6, 6.07) is 0.148. The van der Waals surface area contributed by atoms with Crippen molar-refractivity contribution >= 4 is 17.6 Å². The second-order valence-electron chi connectivity index (χ2n) is 7.62. The molecule has 3 aliphatic rings. The van der Waals surface area contributed by atoms with Crippen molar-refractivity contribution in [2.75, 3.05) is 44.2 Å². The molecule has 1 atom stereocenters. The molecule has 3 fully saturated rings. The number of carbonyl (C=O) groups is 2. The number of anilines is 1. The highest BCUT2D eigenvalue weighted by Crippen LogP contribution is 2.27. The molecule has 1 saturated carbocycles. The van der Waals surface area contributed by atoms with Crippen LogP contribution in [0.15, 0.2) is 18.6 Å². The van der Waals surface area contributed by atoms with Gasteiger partial charge in [-0.25, -0.2) is 4.98 Å². The summed E-state index contributed by atoms with van der Waals surface area (Å²) in [5.41, 5.74) is 0. The van der Waals surface area contributed by atoms with Gasteiger partial charge in [0.1, 0.15) is 5.82 Å². The minimum Gasteiger partial charge on any atom is -0.353 e. The van der Waals surface area contributed by atoms with Crippen LogP contribution in [-0.4, -0.2) is 82.9 Å². The summed E-state index contributed by atoms with van der Waals surface area (Å²) in [7, 11) is 0. The quantitative estimate of drug-likeness (QED) is 0.816. The van der Waals surface area contributed by atoms with Crippen LogP contribution in [0, 0.1) is 0 Å². The highest BCUT2D eigenvalue weighted by atomic mass is 16.2. The summed E-state index contributed by atoms with van der Waals surface area (Å²) in [6.07, 6.45) is 10.1. The molecule has 0 bridgehead atoms. The lowest BCUT2D eigenvalue weighted by atomic mass is 10.0. The Labute approximate surface area is 159 Å². The zero-order valence-corrected chi connectivity index (χ0v) is 15.7. The summed E-state index contributed by atoms with van der Waals surface area (Å²) < 4.78 is 0. The summed E-state index contributed by atoms with van der Waals surface area (Å²) in [5.74, 6) is 0.946. The van der Waals surface area contributed by atoms with Crippen LogP contribution in [0.3, 0.4) is 0 Å². The fourth-order valence-corrected chi connectivity index (χ4v) is 4.55. The van der Waals surface area contributed by atoms with Crippen molar-refractivity contribution in [3.05, 3.63) is 18.6 Å². The molecule has 146 valence electrons. The third kappa shape index (κ3) is 4.05. The monoisotopic (exact) mass is 372 g/mol. The average Bonchev–Trinajstić information content (AvgIpc) is 3.25. The molecular formula is C19H28N6O2. The molecule has 0 aromatic carbocycles. The molecule has 1 aliphatic carbocycles. The standard InChI is InChI=1S/C19H28N6O2/c26-18(24-11-9-23(10-12-24)17-14-20-5-6-21-17)13-16-19(27)22-7-8-25(16)15-3-1-2-4-15/h5-6,14-16H,1-4,7-13H2,(H,22,27). The van der Waals surface area contributed by atoms with Crippen LogP contribution in [-0.2, 0) is 9.59 Å². The number of hydrogen-bond donors (Lipinski definition) is 1. The molecule has 2 saturated heterocycles. The van der Waals surface area contributed by atoms with E-state index in [0.29, 0.717) is 25.7 Å². The highest BCUT2D eigenvalue weighted by Gasteiger charge is 2.37. The van der Waals surface area contributed by atoms with E-state index in [-0.39, 0.29) is 24.3 Å². The second kappa shape index (κ2) is 8.21. The van der Waals surface area contributed by atoms with Crippen molar-refractivity contribution < 1.29 is 9.59 Å². The number of nitrogens with one attached hydrogen (secondary N) is 1. The van der Waals surface area contributed by atoms with Gasteiger partial charge in [0.15, 0.2) is 0 Å². The molecule has 8 heteroatoms. The first-order valence-corrected chi connectivity index (χ1v) is 10.0. The van der Waals surface area contributed by atoms with Crippen molar-refractivity contribution in [3.63, 3.8) is 0 Å². The lowest BCUT2D eigenvalue weighted by molar-refractivity contribution is -0.140. The van der Waals surface area contributed by atoms with E-state index in [1.807, 2.05) is 4.90 Å². The predicted octanol–water partition coefficient (Wildman–Crippen LogP) is 0.258. The Morgan fingerprint density at radius 3 is 2.59 bits per heavy atom. The van der Waals surface area contributed by atoms with Crippen LogP contribution in [0.1, 0.15) is 32.1 Å². The molecule has 4 rings (SSSR count). The molecule has 0 radical (unpaired) electrons. The number of rotatable bonds is 4. The normalized spacial score (nSPS) is 24.9. The van der Waals surface area contributed by atoms with E-state index in [0.717, 1.165) is 38.3 Å². The van der Waals surface area contributed by atoms with Gasteiger partial charge in [-0.2, -0.15) is 0 Å². The van der Waals surface area contributed by atoms with Crippen molar-refractivity contribution in [2.24, 2.45) is 0 Å². The molecule has 2 aliphatic heterocycles. The molecule has 27 heavy (non-hydrogen) atoms. The van der Waals surface area contributed by atoms with Crippen molar-refractivity contribution in [2.45, 2.75) is 44.2 Å². The Balaban J connectivity index is 1.34. The van der Waals surface area contributed by atoms with Gasteiger partial charge in [-0.05, 0) is 12.8 Å². The zero-order valence-electron chi connectivity index (χ0n) is 15.7. The third-order valence-corrected chi connectivity index (χ3v) is 6.04. The summed E-state index contributed by atoms with van der Waals surface area (Å²) >= 11 is 0. The first kappa shape index (κ1) is 18.2. The number of carbonyl (C=O) groups excluding carboxylic acids is 2. The Kier molecular flexibility index (Phi) is 5.52. The molecule has 0 spiro atoms. The van der Waals surface area contributed by atoms with Crippen LogP contribution in [0.2, 0.25) is 0 Å². The predicted molar refractivity (Wildman–Crippen MR) is 101 cm³/mol. The maximum absolute atomic E-state index is 12.9. The van der Waals surface area contributed by atoms with Crippen molar-refractivity contribution in [3.8, 4) is 0 Å². The largest absolute Gasteiger partial charge is 0.353 e. The van der Waals surface area contributed by atoms with Crippen LogP contribution in [0.5, 0.6) is 0 Å². The van der Waals surface area contributed by atoms with Gasteiger partial charge in [0.05, 0.1) is 18.7 Å². The molecule has 8 nitrogen and oxygen atoms in total. The molecule has 2 amide bonds. The number of hydrogen-bond acceptors (Lipinski definition) is 6. The molecule has 1 N–H and O–H groups in total. The smallest absolute Gasteiger partial charge is 0.237 e. The van der Waals surface area contributed by atoms with E-state index in [9.17, 15) is 9.59 Å². The molecule has 3 heterocycles. The van der Waals surface area contributed by atoms with Gasteiger partial charge in [-0.3, -0.25) is 19.5 Å². The topological polar surface area (TPSA) is 81.7 Å². The van der Waals surface area contributed by atoms with Gasteiger partial charge in [-0.1, -0.05) is 12.8 Å². The van der Waals surface area contributed by atoms with E-state index < -0.39 is 0 Å². The SMILES string of the molecule is O=C1NCCN(C2CCCC2)C1CC(=O)N1CCN(c2cnccn2)CC1. The van der Waals surface area contributed by atoms with Crippen LogP contribution in [0.4, 0.5) is 5.82 Å². The number of piperazine rings is 2. The summed E-state index contributed by atoms with van der Waals surface area (Å²) in [6.45, 7) is 4.35. The van der Waals surface area contributed by atoms with E-state index in [4.69, 9.17) is 0 Å². The zero-order chi connectivity index (χ0) is 18.6. The summed E-state index contributed by atoms with van der Waals surface area (Å²) in [5, 5.41) is 2.95. The fourth-order valence-electron chi connectivity index (χ4n) is 4.55. The van der Waals surface area contributed by atoms with Gasteiger partial charge < -0.3 is 15.1 Å². The molecule has 1 aromatic rings. The first-order valence-electron chi connectivity index (χ1n) is 10.0. The van der Waals surface area contributed by atoms with Crippen LogP contribution in [0.25, 0.3) is 0 Å². The minimum atomic E-state index is -0.313. The van der Waals surface area contributed by atoms with E-state index in [1.54, 1.807) is 18.6 Å². The van der Waals surface area contributed by atoms with Crippen molar-refractivity contribution in [1.29, 1.82) is 0 Å². The number of aromatic nitrogens is 2. The Hall–Kier alpha value is -2.22. The fraction of sp³-hybridized carbons (Fsp3) is 0.684. The lowest BCUT2D eigenvalue weighted by Crippen LogP contribution is -2.59. The Morgan fingerprint density at radius 1 is 1.11 bits per heavy atom. The summed E-state index contributed by atoms with van der Waals surface area (Å²) in [4.78, 5) is 40.1. The molecule has 1 aromatic heterocycles. The molecular weight excluding hydrogens is 344 g/mol.